The Hall–Kier alpha value is -0.560. The Bertz CT molecular complexity index is 247. The second-order valence-corrected chi connectivity index (χ2v) is 3.32. The summed E-state index contributed by atoms with van der Waals surface area (Å²) in [7, 11) is 0. The smallest absolute Gasteiger partial charge is 0.142 e. The molecule has 0 amide bonds. The molecule has 1 heterocycles. The highest BCUT2D eigenvalue weighted by Crippen LogP contribution is 2.25. The molecule has 14 heavy (non-hydrogen) atoms. The van der Waals surface area contributed by atoms with Crippen LogP contribution in [0.5, 0.6) is 0 Å². The predicted molar refractivity (Wildman–Crippen MR) is 46.5 cm³/mol. The van der Waals surface area contributed by atoms with E-state index in [0.717, 1.165) is 0 Å². The number of rotatable bonds is 2. The zero-order chi connectivity index (χ0) is 10.7. The van der Waals surface area contributed by atoms with E-state index in [0.29, 0.717) is 0 Å². The zero-order valence-electron chi connectivity index (χ0n) is 7.06. The van der Waals surface area contributed by atoms with Gasteiger partial charge in [0.1, 0.15) is 23.8 Å². The fourth-order valence-corrected chi connectivity index (χ4v) is 1.57. The maximum absolute atomic E-state index is 9.45. The third-order valence-electron chi connectivity index (χ3n) is 2.02. The number of ether oxygens (including phenoxy) is 1. The van der Waals surface area contributed by atoms with Crippen molar-refractivity contribution in [1.29, 1.82) is 0 Å². The van der Waals surface area contributed by atoms with Crippen LogP contribution in [-0.4, -0.2) is 51.8 Å². The molecule has 0 aliphatic carbocycles. The summed E-state index contributed by atoms with van der Waals surface area (Å²) in [5, 5.41) is 30.8. The van der Waals surface area contributed by atoms with Gasteiger partial charge in [0.15, 0.2) is 0 Å². The fraction of sp³-hybridized carbons (Fsp3) is 1.00. The normalized spacial score (nSPS) is 43.0. The van der Waals surface area contributed by atoms with Gasteiger partial charge in [0.2, 0.25) is 0 Å². The van der Waals surface area contributed by atoms with E-state index < -0.39 is 36.5 Å². The molecule has 1 fully saturated rings. The van der Waals surface area contributed by atoms with E-state index >= 15 is 0 Å². The predicted octanol–water partition coefficient (Wildman–Crippen LogP) is -0.657. The van der Waals surface area contributed by atoms with Crippen LogP contribution in [0, 0.1) is 0 Å². The van der Waals surface area contributed by atoms with Crippen LogP contribution in [0.25, 0.3) is 10.4 Å². The monoisotopic (exact) mass is 223 g/mol. The third-order valence-corrected chi connectivity index (χ3v) is 2.38. The van der Waals surface area contributed by atoms with E-state index in [9.17, 15) is 10.2 Å². The molecule has 3 N–H and O–H groups in total. The van der Waals surface area contributed by atoms with Gasteiger partial charge in [-0.2, -0.15) is 0 Å². The van der Waals surface area contributed by atoms with Crippen molar-refractivity contribution < 1.29 is 20.1 Å². The van der Waals surface area contributed by atoms with Gasteiger partial charge in [-0.05, 0) is 5.53 Å². The van der Waals surface area contributed by atoms with Crippen LogP contribution < -0.4 is 0 Å². The molecular weight excluding hydrogens is 214 g/mol. The largest absolute Gasteiger partial charge is 0.394 e. The van der Waals surface area contributed by atoms with Gasteiger partial charge in [-0.3, -0.25) is 0 Å². The van der Waals surface area contributed by atoms with E-state index in [1.807, 2.05) is 0 Å². The summed E-state index contributed by atoms with van der Waals surface area (Å²) in [5.74, 6) is 0. The molecule has 1 rings (SSSR count). The maximum Gasteiger partial charge on any atom is 0.142 e. The van der Waals surface area contributed by atoms with E-state index in [2.05, 4.69) is 10.0 Å². The van der Waals surface area contributed by atoms with Crippen LogP contribution in [-0.2, 0) is 4.74 Å². The molecule has 0 aromatic heterocycles. The van der Waals surface area contributed by atoms with Crippen molar-refractivity contribution in [3.63, 3.8) is 0 Å². The number of hydrogen-bond acceptors (Lipinski definition) is 5. The summed E-state index contributed by atoms with van der Waals surface area (Å²) in [5.41, 5.74) is 7.11. The van der Waals surface area contributed by atoms with Gasteiger partial charge >= 0.3 is 0 Å². The molecule has 1 saturated heterocycles. The lowest BCUT2D eigenvalue weighted by molar-refractivity contribution is -0.167. The average Bonchev–Trinajstić information content (AvgIpc) is 2.18. The van der Waals surface area contributed by atoms with Gasteiger partial charge in [0, 0.05) is 4.91 Å². The Kier molecular flexibility index (Phi) is 3.94. The molecule has 80 valence electrons. The number of alkyl halides is 1. The van der Waals surface area contributed by atoms with Gasteiger partial charge < -0.3 is 20.1 Å². The summed E-state index contributed by atoms with van der Waals surface area (Å²) in [6.07, 6.45) is -3.61. The Labute approximate surface area is 84.5 Å². The van der Waals surface area contributed by atoms with Crippen LogP contribution in [0.3, 0.4) is 0 Å². The van der Waals surface area contributed by atoms with Gasteiger partial charge in [-0.1, -0.05) is 16.7 Å². The molecule has 0 bridgehead atoms. The van der Waals surface area contributed by atoms with Crippen molar-refractivity contribution in [3.8, 4) is 0 Å². The van der Waals surface area contributed by atoms with Gasteiger partial charge in [0.05, 0.1) is 12.7 Å². The standard InChI is InChI=1S/C6H10ClN3O4/c7-6-3(9-10-8)5(13)4(12)2(1-11)14-6/h2-6,11-13H,1H2/t2-,3-,4+,5-,6-/m1/s1. The topological polar surface area (TPSA) is 119 Å². The lowest BCUT2D eigenvalue weighted by atomic mass is 9.99. The van der Waals surface area contributed by atoms with Crippen molar-refractivity contribution in [1.82, 2.24) is 0 Å². The SMILES string of the molecule is [N-]=[N+]=N[C@@H]1[C@@H](O)[C@@H](O)[C@@H](CO)O[C@H]1Cl. The maximum atomic E-state index is 9.45. The molecular formula is C6H10ClN3O4. The minimum Gasteiger partial charge on any atom is -0.394 e. The van der Waals surface area contributed by atoms with Gasteiger partial charge in [0.25, 0.3) is 0 Å². The molecule has 0 spiro atoms. The second kappa shape index (κ2) is 4.79. The second-order valence-electron chi connectivity index (χ2n) is 2.88. The highest BCUT2D eigenvalue weighted by Gasteiger charge is 2.42. The Morgan fingerprint density at radius 1 is 1.43 bits per heavy atom. The Balaban J connectivity index is 2.78. The third kappa shape index (κ3) is 2.09. The lowest BCUT2D eigenvalue weighted by Crippen LogP contribution is -2.56. The Morgan fingerprint density at radius 2 is 2.07 bits per heavy atom. The lowest BCUT2D eigenvalue weighted by Gasteiger charge is -2.37. The number of aliphatic hydroxyl groups is 3. The molecule has 0 aromatic carbocycles. The first kappa shape index (κ1) is 11.5. The summed E-state index contributed by atoms with van der Waals surface area (Å²) >= 11 is 5.63. The first-order valence-electron chi connectivity index (χ1n) is 3.92. The first-order valence-corrected chi connectivity index (χ1v) is 4.36. The molecule has 7 nitrogen and oxygen atoms in total. The van der Waals surface area contributed by atoms with E-state index in [1.165, 1.54) is 0 Å². The van der Waals surface area contributed by atoms with Gasteiger partial charge in [-0.25, -0.2) is 0 Å². The molecule has 0 aromatic rings. The van der Waals surface area contributed by atoms with Crippen molar-refractivity contribution in [2.45, 2.75) is 29.9 Å². The number of nitrogens with zero attached hydrogens (tertiary/aromatic N) is 3. The molecule has 0 saturated carbocycles. The fourth-order valence-electron chi connectivity index (χ4n) is 1.24. The van der Waals surface area contributed by atoms with Crippen molar-refractivity contribution in [3.05, 3.63) is 10.4 Å². The summed E-state index contributed by atoms with van der Waals surface area (Å²) in [6, 6.07) is -1.06. The van der Waals surface area contributed by atoms with Crippen LogP contribution >= 0.6 is 11.6 Å². The summed E-state index contributed by atoms with van der Waals surface area (Å²) in [4.78, 5) is 2.47. The summed E-state index contributed by atoms with van der Waals surface area (Å²) < 4.78 is 4.92. The van der Waals surface area contributed by atoms with E-state index in [-0.39, 0.29) is 0 Å². The van der Waals surface area contributed by atoms with Crippen LogP contribution in [0.2, 0.25) is 0 Å². The number of aliphatic hydroxyl groups excluding tert-OH is 3. The molecule has 1 aliphatic rings. The van der Waals surface area contributed by atoms with Crippen molar-refractivity contribution in [2.24, 2.45) is 5.11 Å². The minimum absolute atomic E-state index is 0.468. The first-order chi connectivity index (χ1) is 6.61. The number of halogens is 1. The molecule has 0 radical (unpaired) electrons. The highest BCUT2D eigenvalue weighted by molar-refractivity contribution is 6.20. The van der Waals surface area contributed by atoms with E-state index in [1.54, 1.807) is 0 Å². The zero-order valence-corrected chi connectivity index (χ0v) is 7.82. The average molecular weight is 224 g/mol. The molecule has 1 aliphatic heterocycles. The summed E-state index contributed by atoms with van der Waals surface area (Å²) in [6.45, 7) is -0.468. The molecule has 0 unspecified atom stereocenters. The van der Waals surface area contributed by atoms with Crippen LogP contribution in [0.15, 0.2) is 5.11 Å². The van der Waals surface area contributed by atoms with E-state index in [4.69, 9.17) is 27.0 Å². The van der Waals surface area contributed by atoms with Crippen molar-refractivity contribution in [2.75, 3.05) is 6.61 Å². The number of azide groups is 1. The Morgan fingerprint density at radius 3 is 2.57 bits per heavy atom. The highest BCUT2D eigenvalue weighted by atomic mass is 35.5. The van der Waals surface area contributed by atoms with Crippen molar-refractivity contribution >= 4 is 11.6 Å². The quantitative estimate of drug-likeness (QED) is 0.249. The van der Waals surface area contributed by atoms with Crippen LogP contribution in [0.4, 0.5) is 0 Å². The minimum atomic E-state index is -1.33. The van der Waals surface area contributed by atoms with Crippen LogP contribution in [0.1, 0.15) is 0 Å². The molecule has 5 atom stereocenters. The van der Waals surface area contributed by atoms with Gasteiger partial charge in [-0.15, -0.1) is 0 Å². The molecule has 8 heteroatoms. The number of hydrogen-bond donors (Lipinski definition) is 3.